The number of benzene rings is 2. The fraction of sp³-hybridized carbons (Fsp3) is 0. The number of nitrogens with two attached hydrogens (primary N) is 1. The van der Waals surface area contributed by atoms with Crippen molar-refractivity contribution in [3.05, 3.63) is 58.3 Å². The minimum atomic E-state index is -0.385. The second-order valence-corrected chi connectivity index (χ2v) is 7.58. The summed E-state index contributed by atoms with van der Waals surface area (Å²) in [5.41, 5.74) is 7.15. The van der Waals surface area contributed by atoms with Crippen molar-refractivity contribution in [2.45, 2.75) is 9.10 Å². The number of rotatable bonds is 3. The summed E-state index contributed by atoms with van der Waals surface area (Å²) in [5.74, 6) is -0.385. The molecule has 3 aromatic rings. The molecule has 0 aliphatic carbocycles. The van der Waals surface area contributed by atoms with E-state index in [2.05, 4.69) is 4.98 Å². The molecule has 0 fully saturated rings. The monoisotopic (exact) mass is 370 g/mol. The quantitative estimate of drug-likeness (QED) is 0.615. The Morgan fingerprint density at radius 3 is 2.50 bits per heavy atom. The lowest BCUT2D eigenvalue weighted by Crippen LogP contribution is -1.86. The van der Waals surface area contributed by atoms with Crippen molar-refractivity contribution >= 4 is 51.4 Å². The third-order valence-electron chi connectivity index (χ3n) is 2.82. The van der Waals surface area contributed by atoms with Gasteiger partial charge >= 0.3 is 0 Å². The third kappa shape index (κ3) is 3.38. The normalized spacial score (nSPS) is 10.9. The van der Waals surface area contributed by atoms with Crippen molar-refractivity contribution in [1.29, 1.82) is 0 Å². The summed E-state index contributed by atoms with van der Waals surface area (Å²) in [6.45, 7) is 0. The maximum Gasteiger partial charge on any atom is 0.181 e. The summed E-state index contributed by atoms with van der Waals surface area (Å²) in [7, 11) is 0. The van der Waals surface area contributed by atoms with Gasteiger partial charge in [-0.05, 0) is 42.5 Å². The Balaban J connectivity index is 2.01. The van der Waals surface area contributed by atoms with E-state index in [1.165, 1.54) is 35.2 Å². The summed E-state index contributed by atoms with van der Waals surface area (Å²) in [5, 5.41) is 1.42. The minimum Gasteiger partial charge on any atom is -0.375 e. The Kier molecular flexibility index (Phi) is 4.59. The van der Waals surface area contributed by atoms with E-state index in [4.69, 9.17) is 28.9 Å². The van der Waals surface area contributed by atoms with Gasteiger partial charge < -0.3 is 5.73 Å². The van der Waals surface area contributed by atoms with E-state index in [0.717, 1.165) is 9.10 Å². The molecule has 1 aromatic heterocycles. The van der Waals surface area contributed by atoms with Crippen LogP contribution < -0.4 is 5.73 Å². The zero-order chi connectivity index (χ0) is 15.7. The van der Waals surface area contributed by atoms with Crippen molar-refractivity contribution in [1.82, 2.24) is 4.98 Å². The zero-order valence-electron chi connectivity index (χ0n) is 11.0. The molecule has 0 amide bonds. The Hall–Kier alpha value is -1.27. The van der Waals surface area contributed by atoms with Gasteiger partial charge in [-0.2, -0.15) is 0 Å². The highest BCUT2D eigenvalue weighted by molar-refractivity contribution is 8.01. The standard InChI is InChI=1S/C15H9Cl2FN2S2/c16-8-1-4-10(5-2-8)21-14-13(20-15(19)22-14)11-6-3-9(18)7-12(11)17/h1-7H,(H2,19,20). The van der Waals surface area contributed by atoms with Crippen LogP contribution in [-0.2, 0) is 0 Å². The van der Waals surface area contributed by atoms with Crippen LogP contribution in [-0.4, -0.2) is 4.98 Å². The first-order chi connectivity index (χ1) is 10.5. The predicted octanol–water partition coefficient (Wildman–Crippen LogP) is 5.99. The number of hydrogen-bond acceptors (Lipinski definition) is 4. The lowest BCUT2D eigenvalue weighted by molar-refractivity contribution is 0.628. The molecule has 0 spiro atoms. The third-order valence-corrected chi connectivity index (χ3v) is 5.45. The molecule has 0 aliphatic heterocycles. The van der Waals surface area contributed by atoms with Crippen LogP contribution in [0.25, 0.3) is 11.3 Å². The number of nitrogens with zero attached hydrogens (tertiary/aromatic N) is 1. The van der Waals surface area contributed by atoms with Crippen LogP contribution in [0.1, 0.15) is 0 Å². The first kappa shape index (κ1) is 15.6. The van der Waals surface area contributed by atoms with Crippen LogP contribution in [0.5, 0.6) is 0 Å². The van der Waals surface area contributed by atoms with E-state index in [-0.39, 0.29) is 5.82 Å². The first-order valence-electron chi connectivity index (χ1n) is 6.18. The minimum absolute atomic E-state index is 0.309. The first-order valence-corrected chi connectivity index (χ1v) is 8.57. The van der Waals surface area contributed by atoms with E-state index >= 15 is 0 Å². The van der Waals surface area contributed by atoms with Gasteiger partial charge in [-0.25, -0.2) is 9.37 Å². The van der Waals surface area contributed by atoms with Gasteiger partial charge in [0.25, 0.3) is 0 Å². The molecular weight excluding hydrogens is 362 g/mol. The van der Waals surface area contributed by atoms with E-state index in [1.807, 2.05) is 24.3 Å². The van der Waals surface area contributed by atoms with Gasteiger partial charge in [0.1, 0.15) is 5.82 Å². The molecule has 3 rings (SSSR count). The molecule has 1 heterocycles. The molecule has 0 atom stereocenters. The summed E-state index contributed by atoms with van der Waals surface area (Å²) in [4.78, 5) is 5.33. The van der Waals surface area contributed by atoms with Crippen LogP contribution >= 0.6 is 46.3 Å². The van der Waals surface area contributed by atoms with Crippen LogP contribution in [0, 0.1) is 5.82 Å². The average Bonchev–Trinajstić information content (AvgIpc) is 2.82. The maximum atomic E-state index is 13.2. The van der Waals surface area contributed by atoms with E-state index in [1.54, 1.807) is 6.07 Å². The molecule has 0 radical (unpaired) electrons. The van der Waals surface area contributed by atoms with Crippen LogP contribution in [0.2, 0.25) is 10.0 Å². The van der Waals surface area contributed by atoms with E-state index in [9.17, 15) is 4.39 Å². The van der Waals surface area contributed by atoms with Crippen molar-refractivity contribution in [3.8, 4) is 11.3 Å². The zero-order valence-corrected chi connectivity index (χ0v) is 14.2. The molecule has 0 aliphatic rings. The number of halogens is 3. The largest absolute Gasteiger partial charge is 0.375 e. The molecule has 2 aromatic carbocycles. The molecule has 0 bridgehead atoms. The number of thiazole rings is 1. The van der Waals surface area contributed by atoms with E-state index < -0.39 is 0 Å². The lowest BCUT2D eigenvalue weighted by Gasteiger charge is -2.05. The van der Waals surface area contributed by atoms with Gasteiger partial charge in [-0.1, -0.05) is 46.3 Å². The summed E-state index contributed by atoms with van der Waals surface area (Å²) in [6.07, 6.45) is 0. The number of hydrogen-bond donors (Lipinski definition) is 1. The van der Waals surface area contributed by atoms with Gasteiger partial charge in [0.15, 0.2) is 5.13 Å². The molecule has 112 valence electrons. The smallest absolute Gasteiger partial charge is 0.181 e. The predicted molar refractivity (Wildman–Crippen MR) is 92.5 cm³/mol. The van der Waals surface area contributed by atoms with Crippen LogP contribution in [0.3, 0.4) is 0 Å². The summed E-state index contributed by atoms with van der Waals surface area (Å²) in [6, 6.07) is 11.7. The highest BCUT2D eigenvalue weighted by Gasteiger charge is 2.16. The van der Waals surface area contributed by atoms with Crippen molar-refractivity contribution in [2.24, 2.45) is 0 Å². The van der Waals surface area contributed by atoms with Gasteiger partial charge in [-0.3, -0.25) is 0 Å². The van der Waals surface area contributed by atoms with Crippen LogP contribution in [0.4, 0.5) is 9.52 Å². The van der Waals surface area contributed by atoms with Gasteiger partial charge in [0.2, 0.25) is 0 Å². The highest BCUT2D eigenvalue weighted by Crippen LogP contribution is 2.43. The molecular formula is C15H9Cl2FN2S2. The Labute approximate surface area is 145 Å². The molecule has 0 saturated heterocycles. The second-order valence-electron chi connectivity index (χ2n) is 4.37. The van der Waals surface area contributed by atoms with Gasteiger partial charge in [-0.15, -0.1) is 0 Å². The van der Waals surface area contributed by atoms with Crippen molar-refractivity contribution in [2.75, 3.05) is 5.73 Å². The van der Waals surface area contributed by atoms with Crippen LogP contribution in [0.15, 0.2) is 51.6 Å². The van der Waals surface area contributed by atoms with Gasteiger partial charge in [0.05, 0.1) is 14.9 Å². The molecule has 22 heavy (non-hydrogen) atoms. The fourth-order valence-electron chi connectivity index (χ4n) is 1.85. The Morgan fingerprint density at radius 1 is 1.09 bits per heavy atom. The Bertz CT molecular complexity index is 819. The Morgan fingerprint density at radius 2 is 1.82 bits per heavy atom. The van der Waals surface area contributed by atoms with Crippen molar-refractivity contribution in [3.63, 3.8) is 0 Å². The summed E-state index contributed by atoms with van der Waals surface area (Å²) < 4.78 is 14.1. The summed E-state index contributed by atoms with van der Waals surface area (Å²) >= 11 is 14.9. The number of aromatic nitrogens is 1. The number of anilines is 1. The van der Waals surface area contributed by atoms with Crippen molar-refractivity contribution < 1.29 is 4.39 Å². The maximum absolute atomic E-state index is 13.2. The lowest BCUT2D eigenvalue weighted by atomic mass is 10.2. The molecule has 2 N–H and O–H groups in total. The second kappa shape index (κ2) is 6.46. The topological polar surface area (TPSA) is 38.9 Å². The highest BCUT2D eigenvalue weighted by atomic mass is 35.5. The molecule has 2 nitrogen and oxygen atoms in total. The number of nitrogen functional groups attached to an aromatic ring is 1. The molecule has 0 saturated carbocycles. The SMILES string of the molecule is Nc1nc(-c2ccc(F)cc2Cl)c(Sc2ccc(Cl)cc2)s1. The van der Waals surface area contributed by atoms with E-state index in [0.29, 0.717) is 26.4 Å². The molecule has 0 unspecified atom stereocenters. The fourth-order valence-corrected chi connectivity index (χ4v) is 4.26. The van der Waals surface area contributed by atoms with Gasteiger partial charge in [0, 0.05) is 15.5 Å². The average molecular weight is 371 g/mol. The molecule has 7 heteroatoms.